The molecule has 2 rings (SSSR count). The van der Waals surface area contributed by atoms with Crippen LogP contribution in [0.2, 0.25) is 0 Å². The number of guanidine groups is 1. The van der Waals surface area contributed by atoms with E-state index in [0.29, 0.717) is 18.9 Å². The van der Waals surface area contributed by atoms with Crippen molar-refractivity contribution < 1.29 is 9.18 Å². The van der Waals surface area contributed by atoms with E-state index in [9.17, 15) is 9.18 Å². The summed E-state index contributed by atoms with van der Waals surface area (Å²) in [5.74, 6) is 0.118. The quantitative estimate of drug-likeness (QED) is 0.846. The van der Waals surface area contributed by atoms with E-state index in [1.807, 2.05) is 13.8 Å². The number of rotatable bonds is 3. The largest absolute Gasteiger partial charge is 0.342 e. The number of nitrogens with zero attached hydrogens (tertiary/aromatic N) is 1. The Labute approximate surface area is 105 Å². The molecular formula is C13H16FN3O. The fourth-order valence-corrected chi connectivity index (χ4v) is 1.97. The monoisotopic (exact) mass is 249 g/mol. The first-order chi connectivity index (χ1) is 8.53. The third kappa shape index (κ3) is 2.50. The first kappa shape index (κ1) is 12.5. The van der Waals surface area contributed by atoms with E-state index in [0.717, 1.165) is 5.56 Å². The highest BCUT2D eigenvalue weighted by Gasteiger charge is 2.40. The van der Waals surface area contributed by atoms with Gasteiger partial charge in [-0.1, -0.05) is 12.1 Å². The van der Waals surface area contributed by atoms with Crippen molar-refractivity contribution in [3.63, 3.8) is 0 Å². The summed E-state index contributed by atoms with van der Waals surface area (Å²) in [5, 5.41) is 5.78. The van der Waals surface area contributed by atoms with E-state index in [1.54, 1.807) is 12.1 Å². The van der Waals surface area contributed by atoms with Crippen molar-refractivity contribution >= 4 is 11.9 Å². The van der Waals surface area contributed by atoms with Gasteiger partial charge in [0.15, 0.2) is 5.96 Å². The number of carbonyl (C=O) groups excluding carboxylic acids is 1. The van der Waals surface area contributed by atoms with Gasteiger partial charge in [-0.2, -0.15) is 0 Å². The lowest BCUT2D eigenvalue weighted by Gasteiger charge is -2.21. The van der Waals surface area contributed by atoms with Gasteiger partial charge in [-0.25, -0.2) is 4.39 Å². The third-order valence-corrected chi connectivity index (χ3v) is 2.91. The fraction of sp³-hybridized carbons (Fsp3) is 0.385. The van der Waals surface area contributed by atoms with Crippen molar-refractivity contribution in [1.29, 1.82) is 0 Å². The highest BCUT2D eigenvalue weighted by atomic mass is 19.1. The molecule has 1 aromatic rings. The van der Waals surface area contributed by atoms with Gasteiger partial charge in [0.1, 0.15) is 11.4 Å². The van der Waals surface area contributed by atoms with Gasteiger partial charge < -0.3 is 5.32 Å². The second-order valence-corrected chi connectivity index (χ2v) is 4.54. The van der Waals surface area contributed by atoms with Crippen LogP contribution in [0, 0.1) is 5.82 Å². The number of aliphatic imine (C=N–C) groups is 1. The molecule has 1 aliphatic rings. The third-order valence-electron chi connectivity index (χ3n) is 2.91. The first-order valence-electron chi connectivity index (χ1n) is 5.92. The van der Waals surface area contributed by atoms with Crippen LogP contribution in [0.1, 0.15) is 19.4 Å². The summed E-state index contributed by atoms with van der Waals surface area (Å²) in [4.78, 5) is 16.1. The zero-order valence-electron chi connectivity index (χ0n) is 10.5. The van der Waals surface area contributed by atoms with E-state index < -0.39 is 5.54 Å². The lowest BCUT2D eigenvalue weighted by molar-refractivity contribution is -0.123. The molecule has 0 spiro atoms. The molecule has 1 aromatic carbocycles. The minimum atomic E-state index is -0.730. The van der Waals surface area contributed by atoms with E-state index >= 15 is 0 Å². The van der Waals surface area contributed by atoms with Gasteiger partial charge in [0, 0.05) is 13.0 Å². The van der Waals surface area contributed by atoms with Gasteiger partial charge in [0.25, 0.3) is 5.91 Å². The van der Waals surface area contributed by atoms with Crippen LogP contribution in [0.4, 0.5) is 4.39 Å². The van der Waals surface area contributed by atoms with Crippen LogP contribution >= 0.6 is 0 Å². The number of hydrogen-bond acceptors (Lipinski definition) is 2. The number of benzene rings is 1. The summed E-state index contributed by atoms with van der Waals surface area (Å²) in [5.41, 5.74) is 0.172. The van der Waals surface area contributed by atoms with Crippen LogP contribution in [0.15, 0.2) is 29.3 Å². The summed E-state index contributed by atoms with van der Waals surface area (Å²) in [6.45, 7) is 4.32. The lowest BCUT2D eigenvalue weighted by Crippen LogP contribution is -2.45. The molecule has 2 N–H and O–H groups in total. The summed E-state index contributed by atoms with van der Waals surface area (Å²) < 4.78 is 12.8. The molecule has 1 aliphatic heterocycles. The summed E-state index contributed by atoms with van der Waals surface area (Å²) in [6.07, 6.45) is 0.488. The fourth-order valence-electron chi connectivity index (χ4n) is 1.97. The van der Waals surface area contributed by atoms with Crippen LogP contribution < -0.4 is 10.6 Å². The second-order valence-electron chi connectivity index (χ2n) is 4.54. The van der Waals surface area contributed by atoms with Gasteiger partial charge in [-0.05, 0) is 31.5 Å². The van der Waals surface area contributed by atoms with Crippen molar-refractivity contribution in [2.24, 2.45) is 4.99 Å². The molecule has 1 saturated heterocycles. The predicted molar refractivity (Wildman–Crippen MR) is 67.8 cm³/mol. The van der Waals surface area contributed by atoms with Crippen molar-refractivity contribution in [2.75, 3.05) is 6.54 Å². The minimum absolute atomic E-state index is 0.112. The molecular weight excluding hydrogens is 233 g/mol. The average Bonchev–Trinajstić information content (AvgIpc) is 2.58. The standard InChI is InChI=1S/C13H16FN3O/c1-3-15-12-16-11(18)13(2,17-12)8-9-4-6-10(14)7-5-9/h4-7H,3,8H2,1-2H3,(H2,15,16,17,18). The molecule has 1 unspecified atom stereocenters. The van der Waals surface area contributed by atoms with Gasteiger partial charge in [-0.15, -0.1) is 0 Å². The SMILES string of the molecule is CCN=C1NC(=O)C(C)(Cc2ccc(F)cc2)N1. The molecule has 0 aliphatic carbocycles. The Morgan fingerprint density at radius 2 is 2.00 bits per heavy atom. The Kier molecular flexibility index (Phi) is 3.32. The van der Waals surface area contributed by atoms with Gasteiger partial charge in [0.05, 0.1) is 0 Å². The molecule has 0 aromatic heterocycles. The molecule has 1 atom stereocenters. The van der Waals surface area contributed by atoms with E-state index in [1.165, 1.54) is 12.1 Å². The average molecular weight is 249 g/mol. The predicted octanol–water partition coefficient (Wildman–Crippen LogP) is 1.22. The van der Waals surface area contributed by atoms with E-state index in [-0.39, 0.29) is 11.7 Å². The Morgan fingerprint density at radius 3 is 2.61 bits per heavy atom. The highest BCUT2D eigenvalue weighted by Crippen LogP contribution is 2.17. The molecule has 0 bridgehead atoms. The Bertz CT molecular complexity index is 484. The summed E-state index contributed by atoms with van der Waals surface area (Å²) in [7, 11) is 0. The van der Waals surface area contributed by atoms with E-state index in [2.05, 4.69) is 15.6 Å². The molecule has 4 nitrogen and oxygen atoms in total. The van der Waals surface area contributed by atoms with Crippen LogP contribution in [-0.2, 0) is 11.2 Å². The number of halogens is 1. The Balaban J connectivity index is 2.15. The van der Waals surface area contributed by atoms with Crippen LogP contribution in [0.3, 0.4) is 0 Å². The maximum atomic E-state index is 12.8. The summed E-state index contributed by atoms with van der Waals surface area (Å²) in [6, 6.07) is 6.16. The summed E-state index contributed by atoms with van der Waals surface area (Å²) >= 11 is 0. The number of nitrogens with one attached hydrogen (secondary N) is 2. The van der Waals surface area contributed by atoms with Crippen LogP contribution in [0.25, 0.3) is 0 Å². The van der Waals surface area contributed by atoms with Crippen LogP contribution in [0.5, 0.6) is 0 Å². The van der Waals surface area contributed by atoms with Crippen molar-refractivity contribution in [3.05, 3.63) is 35.6 Å². The zero-order chi connectivity index (χ0) is 13.2. The van der Waals surface area contributed by atoms with Crippen molar-refractivity contribution in [3.8, 4) is 0 Å². The minimum Gasteiger partial charge on any atom is -0.342 e. The Hall–Kier alpha value is -1.91. The van der Waals surface area contributed by atoms with Gasteiger partial charge in [-0.3, -0.25) is 15.1 Å². The molecule has 1 heterocycles. The topological polar surface area (TPSA) is 53.5 Å². The maximum absolute atomic E-state index is 12.8. The van der Waals surface area contributed by atoms with E-state index in [4.69, 9.17) is 0 Å². The first-order valence-corrected chi connectivity index (χ1v) is 5.92. The molecule has 0 saturated carbocycles. The normalized spacial score (nSPS) is 25.1. The van der Waals surface area contributed by atoms with Crippen molar-refractivity contribution in [2.45, 2.75) is 25.8 Å². The highest BCUT2D eigenvalue weighted by molar-refractivity contribution is 6.08. The molecule has 5 heteroatoms. The number of hydrogen-bond donors (Lipinski definition) is 2. The Morgan fingerprint density at radius 1 is 1.33 bits per heavy atom. The number of carbonyl (C=O) groups is 1. The smallest absolute Gasteiger partial charge is 0.252 e. The maximum Gasteiger partial charge on any atom is 0.252 e. The molecule has 0 radical (unpaired) electrons. The number of amides is 1. The van der Waals surface area contributed by atoms with Crippen LogP contribution in [-0.4, -0.2) is 24.0 Å². The molecule has 1 fully saturated rings. The zero-order valence-corrected chi connectivity index (χ0v) is 10.5. The lowest BCUT2D eigenvalue weighted by atomic mass is 9.93. The molecule has 1 amide bonds. The molecule has 18 heavy (non-hydrogen) atoms. The van der Waals surface area contributed by atoms with Crippen molar-refractivity contribution in [1.82, 2.24) is 10.6 Å². The molecule has 96 valence electrons. The van der Waals surface area contributed by atoms with Gasteiger partial charge in [0.2, 0.25) is 0 Å². The van der Waals surface area contributed by atoms with Gasteiger partial charge >= 0.3 is 0 Å². The second kappa shape index (κ2) is 4.76.